The molecule has 0 aliphatic carbocycles. The maximum Gasteiger partial charge on any atom is 0.492 e. The van der Waals surface area contributed by atoms with Crippen LogP contribution in [-0.4, -0.2) is 146 Å². The van der Waals surface area contributed by atoms with Crippen LogP contribution in [0.4, 0.5) is 17.6 Å². The van der Waals surface area contributed by atoms with Crippen LogP contribution < -0.4 is 29.9 Å². The minimum absolute atomic E-state index is 0.0619. The van der Waals surface area contributed by atoms with Crippen molar-refractivity contribution in [3.8, 4) is 79.0 Å². The highest BCUT2D eigenvalue weighted by atomic mass is 79.9. The van der Waals surface area contributed by atoms with Crippen molar-refractivity contribution >= 4 is 173 Å². The Morgan fingerprint density at radius 2 is 0.778 bits per heavy atom. The van der Waals surface area contributed by atoms with Crippen molar-refractivity contribution in [2.75, 3.05) is 28.4 Å². The van der Waals surface area contributed by atoms with Crippen LogP contribution in [0.3, 0.4) is 0 Å². The third-order valence-electron chi connectivity index (χ3n) is 18.8. The highest BCUT2D eigenvalue weighted by Gasteiger charge is 2.32. The SMILES string of the molecule is COc1cc(F)ccc1-c1[nH]nc2nccc(-c3ccsc3)c12.COc1cc(F)ccc1-c1nn(S(=O)(=O)c2ccc(C)cc2)c2nccc(-c3ccsc3)c12.COc1cc(F)ccc1-c1nn(S(=O)(=O)c2ccc(C)cc2)c2nccc(Cl)c12.COc1cc(F)ccc1B(O)O.Cc1ccc(S(=O)(=O)n2nc(Br)c3c(Cl)ccnc32)cc1.OB(O)c1ccsc1. The van der Waals surface area contributed by atoms with Gasteiger partial charge in [-0.15, -0.1) is 17.4 Å². The second kappa shape index (κ2) is 39.6. The number of aromatic amines is 1. The van der Waals surface area contributed by atoms with E-state index in [1.807, 2.05) is 55.1 Å². The monoisotopic (exact) mass is 1920 g/mol. The third-order valence-corrected chi connectivity index (χ3v) is 26.8. The second-order valence-corrected chi connectivity index (χ2v) is 36.1. The molecule has 0 saturated carbocycles. The van der Waals surface area contributed by atoms with Crippen molar-refractivity contribution in [3.05, 3.63) is 300 Å². The Balaban J connectivity index is 0.000000135. The number of hydrogen-bond donors (Lipinski definition) is 5. The van der Waals surface area contributed by atoms with Crippen LogP contribution >= 0.6 is 73.1 Å². The van der Waals surface area contributed by atoms with E-state index in [0.717, 1.165) is 80.0 Å². The lowest BCUT2D eigenvalue weighted by molar-refractivity contribution is 0.401. The molecule has 0 spiro atoms. The highest BCUT2D eigenvalue weighted by molar-refractivity contribution is 9.10. The van der Waals surface area contributed by atoms with Crippen LogP contribution in [0, 0.1) is 44.0 Å². The Bertz CT molecular complexity index is 7320. The number of methoxy groups -OCH3 is 4. The van der Waals surface area contributed by atoms with Crippen LogP contribution in [0.25, 0.3) is 100 Å². The molecule has 126 heavy (non-hydrogen) atoms. The smallest absolute Gasteiger partial charge is 0.492 e. The number of aromatic nitrogens is 12. The predicted molar refractivity (Wildman–Crippen MR) is 485 cm³/mol. The molecule has 0 radical (unpaired) electrons. The maximum absolute atomic E-state index is 13.9. The van der Waals surface area contributed by atoms with Gasteiger partial charge in [0.1, 0.15) is 62.3 Å². The van der Waals surface area contributed by atoms with Gasteiger partial charge in [0.15, 0.2) is 22.6 Å². The average molecular weight is 1920 g/mol. The number of rotatable bonds is 17. The molecule has 0 amide bonds. The second-order valence-electron chi connectivity index (χ2n) is 26.9. The van der Waals surface area contributed by atoms with Crippen molar-refractivity contribution in [3.63, 3.8) is 0 Å². The fourth-order valence-electron chi connectivity index (χ4n) is 12.6. The van der Waals surface area contributed by atoms with Crippen LogP contribution in [0.2, 0.25) is 10.0 Å². The summed E-state index contributed by atoms with van der Waals surface area (Å²) < 4.78 is 156. The molecule has 18 rings (SSSR count). The van der Waals surface area contributed by atoms with E-state index in [1.165, 1.54) is 148 Å². The Kier molecular flexibility index (Phi) is 28.8. The van der Waals surface area contributed by atoms with Crippen LogP contribution in [-0.2, 0) is 30.1 Å². The van der Waals surface area contributed by atoms with E-state index in [-0.39, 0.29) is 70.9 Å². The molecule has 41 heteroatoms. The van der Waals surface area contributed by atoms with E-state index in [1.54, 1.807) is 101 Å². The largest absolute Gasteiger partial charge is 0.497 e. The average Bonchev–Trinajstić information content (AvgIpc) is 1.52. The van der Waals surface area contributed by atoms with Gasteiger partial charge in [0, 0.05) is 71.2 Å². The van der Waals surface area contributed by atoms with Gasteiger partial charge < -0.3 is 39.0 Å². The lowest BCUT2D eigenvalue weighted by Gasteiger charge is -2.08. The zero-order chi connectivity index (χ0) is 90.1. The predicted octanol–water partition coefficient (Wildman–Crippen LogP) is 16.8. The molecule has 0 saturated heterocycles. The summed E-state index contributed by atoms with van der Waals surface area (Å²) in [6, 6.07) is 47.9. The van der Waals surface area contributed by atoms with E-state index in [0.29, 0.717) is 59.5 Å². The molecule has 0 fully saturated rings. The number of pyridine rings is 4. The fraction of sp³-hybridized carbons (Fsp3) is 0.0824. The minimum Gasteiger partial charge on any atom is -0.497 e. The van der Waals surface area contributed by atoms with Crippen molar-refractivity contribution in [2.45, 2.75) is 35.5 Å². The molecule has 0 bridgehead atoms. The molecular weight excluding hydrogens is 1850 g/mol. The lowest BCUT2D eigenvalue weighted by atomic mass is 9.79. The third kappa shape index (κ3) is 19.8. The van der Waals surface area contributed by atoms with Gasteiger partial charge in [-0.2, -0.15) is 74.6 Å². The Labute approximate surface area is 748 Å². The van der Waals surface area contributed by atoms with Crippen LogP contribution in [0.5, 0.6) is 23.0 Å². The fourth-order valence-corrected chi connectivity index (χ4v) is 19.5. The van der Waals surface area contributed by atoms with Crippen molar-refractivity contribution in [2.24, 2.45) is 0 Å². The first-order valence-corrected chi connectivity index (χ1v) is 45.6. The number of thiophene rings is 3. The molecule has 18 aromatic rings. The van der Waals surface area contributed by atoms with Gasteiger partial charge in [-0.1, -0.05) is 88.4 Å². The number of halogens is 7. The molecule has 0 aliphatic heterocycles. The first kappa shape index (κ1) is 91.6. The van der Waals surface area contributed by atoms with Gasteiger partial charge in [-0.05, 0) is 212 Å². The van der Waals surface area contributed by atoms with Crippen molar-refractivity contribution in [1.82, 2.24) is 57.7 Å². The zero-order valence-corrected chi connectivity index (χ0v) is 74.7. The standard InChI is InChI=1S/C24H18FN3O3S2.C20H15ClFN3O3S.C17H12FN3OS.C13H9BrClN3O2S.C7H8BFO3.C4H5BO2S/c1-15-3-6-18(7-4-15)33(29,30)28-24-22(19(9-11-26-24)16-10-12-32-14-16)23(27-28)20-8-5-17(25)13-21(20)31-2;1-12-3-6-14(7-4-12)29(26,27)25-20-18(16(21)9-10-23-20)19(24-25)15-8-5-13(22)11-17(15)28-2;1-22-14-8-11(18)2-3-13(14)16-15-12(10-5-7-23-9-10)4-6-19-17(15)21-20-16;1-8-2-4-9(5-3-8)21(19,20)18-13-11(12(14)17-18)10(15)6-7-16-13;1-12-7-4-5(9)2-3-6(7)8(10)11;6-5(7)4-1-2-8-3-4/h3-14H,1-2H3;3-11H,1-2H3;2-9H,1H3,(H,19,20,21);2-7H,1H3;2-4,10-11H,1H3;1-3,6-7H. The molecule has 11 heterocycles. The summed E-state index contributed by atoms with van der Waals surface area (Å²) in [5.41, 5.74) is 11.4. The summed E-state index contributed by atoms with van der Waals surface area (Å²) in [4.78, 5) is 17.3. The van der Waals surface area contributed by atoms with Gasteiger partial charge in [0.25, 0.3) is 30.1 Å². The quantitative estimate of drug-likeness (QED) is 0.0417. The number of fused-ring (bicyclic) bond motifs is 4. The number of ether oxygens (including phenoxy) is 4. The molecular formula is C85H67B2BrCl2F4N12O14S6. The number of hydrogen-bond acceptors (Lipinski definition) is 25. The zero-order valence-electron chi connectivity index (χ0n) is 66.7. The van der Waals surface area contributed by atoms with E-state index >= 15 is 0 Å². The Hall–Kier alpha value is -12.1. The van der Waals surface area contributed by atoms with Gasteiger partial charge in [-0.3, -0.25) is 5.10 Å². The van der Waals surface area contributed by atoms with E-state index in [4.69, 9.17) is 62.2 Å². The minimum atomic E-state index is -4.05. The molecule has 0 unspecified atom stereocenters. The molecule has 0 aliphatic rings. The van der Waals surface area contributed by atoms with Crippen molar-refractivity contribution in [1.29, 1.82) is 0 Å². The van der Waals surface area contributed by atoms with E-state index in [9.17, 15) is 42.8 Å². The summed E-state index contributed by atoms with van der Waals surface area (Å²) in [6.45, 7) is 5.63. The maximum atomic E-state index is 13.9. The summed E-state index contributed by atoms with van der Waals surface area (Å²) in [7, 11) is -9.19. The molecule has 7 aromatic carbocycles. The summed E-state index contributed by atoms with van der Waals surface area (Å²) in [6.07, 6.45) is 6.14. The Morgan fingerprint density at radius 1 is 0.405 bits per heavy atom. The first-order chi connectivity index (χ1) is 60.4. The van der Waals surface area contributed by atoms with E-state index in [2.05, 4.69) is 72.8 Å². The Morgan fingerprint density at radius 3 is 1.20 bits per heavy atom. The number of aryl methyl sites for hydroxylation is 3. The van der Waals surface area contributed by atoms with Crippen LogP contribution in [0.1, 0.15) is 16.7 Å². The van der Waals surface area contributed by atoms with Gasteiger partial charge in [0.05, 0.1) is 80.4 Å². The highest BCUT2D eigenvalue weighted by Crippen LogP contribution is 2.44. The topological polar surface area (TPSA) is 354 Å². The molecule has 11 aromatic heterocycles. The summed E-state index contributed by atoms with van der Waals surface area (Å²) in [5.74, 6) is -0.755. The number of nitrogens with one attached hydrogen (secondary N) is 1. The lowest BCUT2D eigenvalue weighted by Crippen LogP contribution is -2.31. The molecule has 26 nitrogen and oxygen atoms in total. The van der Waals surface area contributed by atoms with Gasteiger partial charge in [-0.25, -0.2) is 37.5 Å². The number of nitrogens with zero attached hydrogens (tertiary/aromatic N) is 11. The van der Waals surface area contributed by atoms with Crippen molar-refractivity contribution < 1.29 is 81.9 Å². The number of H-pyrrole nitrogens is 1. The normalized spacial score (nSPS) is 11.3. The van der Waals surface area contributed by atoms with Gasteiger partial charge >= 0.3 is 14.2 Å². The van der Waals surface area contributed by atoms with Gasteiger partial charge in [0.2, 0.25) is 0 Å². The first-order valence-electron chi connectivity index (χ1n) is 36.9. The summed E-state index contributed by atoms with van der Waals surface area (Å²) >= 11 is 20.3. The van der Waals surface area contributed by atoms with E-state index < -0.39 is 61.8 Å². The number of benzene rings is 7. The van der Waals surface area contributed by atoms with Crippen LogP contribution in [0.15, 0.2) is 264 Å². The summed E-state index contributed by atoms with van der Waals surface area (Å²) in [5, 5.41) is 69.0. The molecule has 5 N–H and O–H groups in total. The molecule has 0 atom stereocenters. The molecule has 642 valence electrons.